The van der Waals surface area contributed by atoms with Gasteiger partial charge in [0.25, 0.3) is 0 Å². The van der Waals surface area contributed by atoms with Crippen molar-refractivity contribution in [2.45, 2.75) is 90.1 Å². The van der Waals surface area contributed by atoms with Gasteiger partial charge in [-0.15, -0.1) is 10.2 Å². The van der Waals surface area contributed by atoms with Crippen molar-refractivity contribution in [2.24, 2.45) is 0 Å². The van der Waals surface area contributed by atoms with E-state index in [1.807, 2.05) is 32.6 Å². The van der Waals surface area contributed by atoms with E-state index in [-0.39, 0.29) is 22.8 Å². The number of halogens is 1. The summed E-state index contributed by atoms with van der Waals surface area (Å²) in [6, 6.07) is 4.40. The molecule has 0 saturated carbocycles. The van der Waals surface area contributed by atoms with Crippen LogP contribution in [0.2, 0.25) is 5.02 Å². The zero-order valence-electron chi connectivity index (χ0n) is 20.2. The SMILES string of the molecule is Cc1nnc(C(C)(C)[C@H]2CC3(CCN(C(=O)OC(C)(C)C)CC3)c3cc(Cl)c(C)cc32)o1. The first-order valence-corrected chi connectivity index (χ1v) is 11.8. The van der Waals surface area contributed by atoms with Gasteiger partial charge < -0.3 is 14.1 Å². The summed E-state index contributed by atoms with van der Waals surface area (Å²) in [6.45, 7) is 15.3. The average molecular weight is 460 g/mol. The highest BCUT2D eigenvalue weighted by molar-refractivity contribution is 6.31. The van der Waals surface area contributed by atoms with Gasteiger partial charge in [-0.2, -0.15) is 0 Å². The van der Waals surface area contributed by atoms with Crippen molar-refractivity contribution in [1.82, 2.24) is 15.1 Å². The van der Waals surface area contributed by atoms with Crippen LogP contribution >= 0.6 is 11.6 Å². The Bertz CT molecular complexity index is 1030. The third-order valence-corrected chi connectivity index (χ3v) is 7.60. The molecule has 1 aromatic heterocycles. The highest BCUT2D eigenvalue weighted by Crippen LogP contribution is 2.58. The first-order valence-electron chi connectivity index (χ1n) is 11.4. The van der Waals surface area contributed by atoms with Gasteiger partial charge in [0.2, 0.25) is 11.8 Å². The lowest BCUT2D eigenvalue weighted by Gasteiger charge is -2.41. The summed E-state index contributed by atoms with van der Waals surface area (Å²) >= 11 is 6.60. The molecule has 1 atom stereocenters. The van der Waals surface area contributed by atoms with E-state index >= 15 is 0 Å². The van der Waals surface area contributed by atoms with Crippen LogP contribution in [0.4, 0.5) is 4.79 Å². The Hall–Kier alpha value is -2.08. The molecule has 2 aliphatic rings. The number of fused-ring (bicyclic) bond motifs is 2. The third kappa shape index (κ3) is 4.02. The molecule has 2 aromatic rings. The summed E-state index contributed by atoms with van der Waals surface area (Å²) in [7, 11) is 0. The fraction of sp³-hybridized carbons (Fsp3) is 0.640. The van der Waals surface area contributed by atoms with E-state index in [4.69, 9.17) is 20.8 Å². The van der Waals surface area contributed by atoms with Crippen LogP contribution in [-0.4, -0.2) is 39.9 Å². The molecule has 32 heavy (non-hydrogen) atoms. The molecule has 1 saturated heterocycles. The quantitative estimate of drug-likeness (QED) is 0.544. The van der Waals surface area contributed by atoms with Crippen molar-refractivity contribution in [1.29, 1.82) is 0 Å². The maximum absolute atomic E-state index is 12.6. The maximum Gasteiger partial charge on any atom is 0.410 e. The number of ether oxygens (including phenoxy) is 1. The van der Waals surface area contributed by atoms with Gasteiger partial charge in [0.05, 0.1) is 0 Å². The highest BCUT2D eigenvalue weighted by atomic mass is 35.5. The average Bonchev–Trinajstić information content (AvgIpc) is 3.25. The highest BCUT2D eigenvalue weighted by Gasteiger charge is 2.52. The molecule has 174 valence electrons. The number of piperidine rings is 1. The van der Waals surface area contributed by atoms with E-state index in [0.29, 0.717) is 24.9 Å². The van der Waals surface area contributed by atoms with Gasteiger partial charge in [0, 0.05) is 30.5 Å². The second-order valence-corrected chi connectivity index (χ2v) is 11.4. The molecule has 1 spiro atoms. The Morgan fingerprint density at radius 3 is 2.38 bits per heavy atom. The van der Waals surface area contributed by atoms with Crippen molar-refractivity contribution < 1.29 is 13.9 Å². The lowest BCUT2D eigenvalue weighted by molar-refractivity contribution is 0.0159. The second kappa shape index (κ2) is 7.75. The number of carbonyl (C=O) groups excluding carboxylic acids is 1. The molecular formula is C25H34ClN3O3. The monoisotopic (exact) mass is 459 g/mol. The van der Waals surface area contributed by atoms with Gasteiger partial charge >= 0.3 is 6.09 Å². The van der Waals surface area contributed by atoms with E-state index in [9.17, 15) is 4.79 Å². The summed E-state index contributed by atoms with van der Waals surface area (Å²) in [5, 5.41) is 9.24. The maximum atomic E-state index is 12.6. The van der Waals surface area contributed by atoms with E-state index < -0.39 is 5.60 Å². The zero-order valence-corrected chi connectivity index (χ0v) is 21.0. The van der Waals surface area contributed by atoms with Crippen LogP contribution in [0.5, 0.6) is 0 Å². The van der Waals surface area contributed by atoms with Crippen LogP contribution < -0.4 is 0 Å². The van der Waals surface area contributed by atoms with Gasteiger partial charge in [0.15, 0.2) is 0 Å². The molecular weight excluding hydrogens is 426 g/mol. The number of hydrogen-bond acceptors (Lipinski definition) is 5. The minimum absolute atomic E-state index is 0.0256. The van der Waals surface area contributed by atoms with E-state index in [0.717, 1.165) is 29.8 Å². The Morgan fingerprint density at radius 2 is 1.81 bits per heavy atom. The molecule has 0 unspecified atom stereocenters. The number of likely N-dealkylation sites (tertiary alicyclic amines) is 1. The fourth-order valence-corrected chi connectivity index (χ4v) is 5.49. The predicted molar refractivity (Wildman–Crippen MR) is 124 cm³/mol. The molecule has 7 heteroatoms. The molecule has 2 heterocycles. The summed E-state index contributed by atoms with van der Waals surface area (Å²) in [4.78, 5) is 14.5. The van der Waals surface area contributed by atoms with Crippen molar-refractivity contribution >= 4 is 17.7 Å². The lowest BCUT2D eigenvalue weighted by atomic mass is 9.70. The topological polar surface area (TPSA) is 68.5 Å². The first-order chi connectivity index (χ1) is 14.8. The van der Waals surface area contributed by atoms with Crippen LogP contribution in [0, 0.1) is 13.8 Å². The van der Waals surface area contributed by atoms with Gasteiger partial charge in [0.1, 0.15) is 5.60 Å². The van der Waals surface area contributed by atoms with Gasteiger partial charge in [-0.25, -0.2) is 4.79 Å². The normalized spacial score (nSPS) is 20.5. The number of benzene rings is 1. The Balaban J connectivity index is 1.66. The van der Waals surface area contributed by atoms with Crippen LogP contribution in [0.25, 0.3) is 0 Å². The van der Waals surface area contributed by atoms with Gasteiger partial charge in [-0.1, -0.05) is 31.5 Å². The summed E-state index contributed by atoms with van der Waals surface area (Å²) in [5.74, 6) is 1.47. The Morgan fingerprint density at radius 1 is 1.16 bits per heavy atom. The number of hydrogen-bond donors (Lipinski definition) is 0. The number of amides is 1. The van der Waals surface area contributed by atoms with Crippen molar-refractivity contribution in [3.05, 3.63) is 45.6 Å². The van der Waals surface area contributed by atoms with Crippen LogP contribution in [-0.2, 0) is 15.6 Å². The number of aryl methyl sites for hydroxylation is 2. The second-order valence-electron chi connectivity index (χ2n) is 11.0. The zero-order chi connectivity index (χ0) is 23.5. The summed E-state index contributed by atoms with van der Waals surface area (Å²) < 4.78 is 11.5. The van der Waals surface area contributed by atoms with E-state index in [2.05, 4.69) is 43.1 Å². The fourth-order valence-electron chi connectivity index (χ4n) is 5.33. The minimum Gasteiger partial charge on any atom is -0.444 e. The molecule has 6 nitrogen and oxygen atoms in total. The molecule has 0 N–H and O–H groups in total. The van der Waals surface area contributed by atoms with Crippen LogP contribution in [0.1, 0.15) is 88.3 Å². The summed E-state index contributed by atoms with van der Waals surface area (Å²) in [6.07, 6.45) is 2.51. The lowest BCUT2D eigenvalue weighted by Crippen LogP contribution is -2.46. The van der Waals surface area contributed by atoms with Crippen molar-refractivity contribution in [3.63, 3.8) is 0 Å². The van der Waals surface area contributed by atoms with Crippen LogP contribution in [0.3, 0.4) is 0 Å². The Kier molecular flexibility index (Phi) is 5.60. The Labute approximate surface area is 195 Å². The van der Waals surface area contributed by atoms with Crippen molar-refractivity contribution in [3.8, 4) is 0 Å². The van der Waals surface area contributed by atoms with E-state index in [1.54, 1.807) is 0 Å². The van der Waals surface area contributed by atoms with E-state index in [1.165, 1.54) is 11.1 Å². The molecule has 1 fully saturated rings. The molecule has 1 amide bonds. The largest absolute Gasteiger partial charge is 0.444 e. The molecule has 0 radical (unpaired) electrons. The molecule has 4 rings (SSSR count). The molecule has 1 aliphatic heterocycles. The van der Waals surface area contributed by atoms with Crippen molar-refractivity contribution in [2.75, 3.05) is 13.1 Å². The number of rotatable bonds is 2. The predicted octanol–water partition coefficient (Wildman–Crippen LogP) is 6.07. The molecule has 1 aromatic carbocycles. The third-order valence-electron chi connectivity index (χ3n) is 7.19. The van der Waals surface area contributed by atoms with Crippen LogP contribution in [0.15, 0.2) is 16.5 Å². The number of aromatic nitrogens is 2. The molecule has 0 bridgehead atoms. The smallest absolute Gasteiger partial charge is 0.410 e. The molecule has 1 aliphatic carbocycles. The van der Waals surface area contributed by atoms with Gasteiger partial charge in [-0.3, -0.25) is 0 Å². The first kappa shape index (κ1) is 23.1. The minimum atomic E-state index is -0.492. The van der Waals surface area contributed by atoms with Gasteiger partial charge in [-0.05, 0) is 81.0 Å². The number of nitrogens with zero attached hydrogens (tertiary/aromatic N) is 3. The summed E-state index contributed by atoms with van der Waals surface area (Å²) in [5.41, 5.74) is 2.87. The standard InChI is InChI=1S/C25H34ClN3O3/c1-15-12-17-18(13-20(15)26)25(8-10-29(11-9-25)22(30)32-23(3,4)5)14-19(17)24(6,7)21-28-27-16(2)31-21/h12-13,19H,8-11,14H2,1-7H3/t19-/m0/s1. The number of carbonyl (C=O) groups is 1.